The standard InChI is InChI=1S/C20H25FN2O4S/c1-5-19(23(28(4,25)26)17-11-9-15(21)10-12-17)20(24)22-16-7-6-8-18(13-16)27-14(2)3/h6-14,19H,5H2,1-4H3,(H,22,24)/t19-/m0/s1. The lowest BCUT2D eigenvalue weighted by Crippen LogP contribution is -2.47. The molecule has 0 aromatic heterocycles. The average molecular weight is 408 g/mol. The fourth-order valence-electron chi connectivity index (χ4n) is 2.79. The van der Waals surface area contributed by atoms with E-state index in [0.29, 0.717) is 11.4 Å². The van der Waals surface area contributed by atoms with Crippen molar-refractivity contribution in [1.82, 2.24) is 0 Å². The number of amides is 1. The summed E-state index contributed by atoms with van der Waals surface area (Å²) < 4.78 is 44.6. The lowest BCUT2D eigenvalue weighted by atomic mass is 10.1. The summed E-state index contributed by atoms with van der Waals surface area (Å²) in [7, 11) is -3.78. The molecule has 0 fully saturated rings. The van der Waals surface area contributed by atoms with E-state index >= 15 is 0 Å². The summed E-state index contributed by atoms with van der Waals surface area (Å²) in [6.45, 7) is 5.50. The lowest BCUT2D eigenvalue weighted by Gasteiger charge is -2.30. The molecule has 0 aliphatic heterocycles. The summed E-state index contributed by atoms with van der Waals surface area (Å²) in [4.78, 5) is 12.9. The number of anilines is 2. The molecule has 8 heteroatoms. The van der Waals surface area contributed by atoms with Crippen molar-refractivity contribution in [3.05, 3.63) is 54.3 Å². The van der Waals surface area contributed by atoms with Gasteiger partial charge in [-0.3, -0.25) is 9.10 Å². The van der Waals surface area contributed by atoms with Gasteiger partial charge >= 0.3 is 0 Å². The van der Waals surface area contributed by atoms with Gasteiger partial charge in [0.2, 0.25) is 15.9 Å². The number of rotatable bonds is 8. The van der Waals surface area contributed by atoms with Crippen LogP contribution >= 0.6 is 0 Å². The van der Waals surface area contributed by atoms with Gasteiger partial charge in [-0.15, -0.1) is 0 Å². The van der Waals surface area contributed by atoms with E-state index in [1.807, 2.05) is 13.8 Å². The summed E-state index contributed by atoms with van der Waals surface area (Å²) in [6.07, 6.45) is 1.23. The average Bonchev–Trinajstić information content (AvgIpc) is 2.59. The molecule has 0 spiro atoms. The monoisotopic (exact) mass is 408 g/mol. The number of carbonyl (C=O) groups is 1. The van der Waals surface area contributed by atoms with Crippen LogP contribution in [0.2, 0.25) is 0 Å². The molecule has 2 aromatic carbocycles. The van der Waals surface area contributed by atoms with Gasteiger partial charge in [0.1, 0.15) is 17.6 Å². The largest absolute Gasteiger partial charge is 0.491 e. The second kappa shape index (κ2) is 9.05. The minimum absolute atomic E-state index is 0.0199. The third-order valence-corrected chi connectivity index (χ3v) is 5.06. The van der Waals surface area contributed by atoms with Crippen LogP contribution in [-0.4, -0.2) is 32.7 Å². The molecule has 0 aliphatic rings. The fourth-order valence-corrected chi connectivity index (χ4v) is 4.00. The van der Waals surface area contributed by atoms with Gasteiger partial charge in [0.15, 0.2) is 0 Å². The van der Waals surface area contributed by atoms with Crippen LogP contribution in [-0.2, 0) is 14.8 Å². The van der Waals surface area contributed by atoms with E-state index in [-0.39, 0.29) is 18.2 Å². The summed E-state index contributed by atoms with van der Waals surface area (Å²) in [5, 5.41) is 2.74. The Morgan fingerprint density at radius 1 is 1.18 bits per heavy atom. The Bertz CT molecular complexity index is 914. The number of carbonyl (C=O) groups excluding carboxylic acids is 1. The Morgan fingerprint density at radius 2 is 1.82 bits per heavy atom. The van der Waals surface area contributed by atoms with Crippen molar-refractivity contribution < 1.29 is 22.3 Å². The number of hydrogen-bond donors (Lipinski definition) is 1. The molecule has 1 atom stereocenters. The maximum Gasteiger partial charge on any atom is 0.248 e. The van der Waals surface area contributed by atoms with Crippen LogP contribution in [0.3, 0.4) is 0 Å². The van der Waals surface area contributed by atoms with Gasteiger partial charge in [0.05, 0.1) is 18.0 Å². The normalized spacial score (nSPS) is 12.5. The molecule has 0 heterocycles. The van der Waals surface area contributed by atoms with E-state index in [1.54, 1.807) is 31.2 Å². The SMILES string of the molecule is CC[C@@H](C(=O)Nc1cccc(OC(C)C)c1)N(c1ccc(F)cc1)S(C)(=O)=O. The predicted octanol–water partition coefficient (Wildman–Crippen LogP) is 3.80. The van der Waals surface area contributed by atoms with E-state index in [0.717, 1.165) is 22.7 Å². The maximum atomic E-state index is 13.2. The zero-order valence-corrected chi connectivity index (χ0v) is 17.2. The quantitative estimate of drug-likeness (QED) is 0.721. The van der Waals surface area contributed by atoms with Crippen molar-refractivity contribution in [2.75, 3.05) is 15.9 Å². The number of sulfonamides is 1. The Hall–Kier alpha value is -2.61. The fraction of sp³-hybridized carbons (Fsp3) is 0.350. The summed E-state index contributed by atoms with van der Waals surface area (Å²) in [5.41, 5.74) is 0.719. The Labute approximate surface area is 165 Å². The van der Waals surface area contributed by atoms with Crippen LogP contribution in [0.15, 0.2) is 48.5 Å². The lowest BCUT2D eigenvalue weighted by molar-refractivity contribution is -0.117. The Balaban J connectivity index is 2.30. The molecule has 1 amide bonds. The smallest absolute Gasteiger partial charge is 0.248 e. The van der Waals surface area contributed by atoms with E-state index < -0.39 is 27.8 Å². The molecule has 0 saturated heterocycles. The van der Waals surface area contributed by atoms with Crippen molar-refractivity contribution in [2.45, 2.75) is 39.3 Å². The molecule has 152 valence electrons. The molecule has 0 aliphatic carbocycles. The van der Waals surface area contributed by atoms with Crippen LogP contribution in [0.1, 0.15) is 27.2 Å². The van der Waals surface area contributed by atoms with Gasteiger partial charge in [-0.1, -0.05) is 13.0 Å². The van der Waals surface area contributed by atoms with Gasteiger partial charge in [-0.05, 0) is 56.7 Å². The van der Waals surface area contributed by atoms with E-state index in [2.05, 4.69) is 5.32 Å². The highest BCUT2D eigenvalue weighted by atomic mass is 32.2. The van der Waals surface area contributed by atoms with Crippen molar-refractivity contribution in [1.29, 1.82) is 0 Å². The second-order valence-corrected chi connectivity index (χ2v) is 8.50. The zero-order chi connectivity index (χ0) is 20.9. The van der Waals surface area contributed by atoms with Gasteiger partial charge < -0.3 is 10.1 Å². The van der Waals surface area contributed by atoms with Crippen LogP contribution in [0.4, 0.5) is 15.8 Å². The first-order valence-electron chi connectivity index (χ1n) is 8.94. The van der Waals surface area contributed by atoms with Gasteiger partial charge in [0, 0.05) is 11.8 Å². The third kappa shape index (κ3) is 5.69. The third-order valence-electron chi connectivity index (χ3n) is 3.88. The summed E-state index contributed by atoms with van der Waals surface area (Å²) >= 11 is 0. The zero-order valence-electron chi connectivity index (χ0n) is 16.3. The number of ether oxygens (including phenoxy) is 1. The van der Waals surface area contributed by atoms with Gasteiger partial charge in [0.25, 0.3) is 0 Å². The van der Waals surface area contributed by atoms with Crippen molar-refractivity contribution in [3.8, 4) is 5.75 Å². The number of nitrogens with zero attached hydrogens (tertiary/aromatic N) is 1. The molecule has 0 unspecified atom stereocenters. The van der Waals surface area contributed by atoms with E-state index in [4.69, 9.17) is 4.74 Å². The number of hydrogen-bond acceptors (Lipinski definition) is 4. The minimum Gasteiger partial charge on any atom is -0.491 e. The van der Waals surface area contributed by atoms with E-state index in [9.17, 15) is 17.6 Å². The highest BCUT2D eigenvalue weighted by molar-refractivity contribution is 7.92. The number of benzene rings is 2. The van der Waals surface area contributed by atoms with Crippen molar-refractivity contribution >= 4 is 27.3 Å². The van der Waals surface area contributed by atoms with Gasteiger partial charge in [-0.25, -0.2) is 12.8 Å². The van der Waals surface area contributed by atoms with Crippen LogP contribution < -0.4 is 14.4 Å². The number of halogens is 1. The molecule has 0 saturated carbocycles. The topological polar surface area (TPSA) is 75.7 Å². The molecule has 2 aromatic rings. The molecular formula is C20H25FN2O4S. The summed E-state index contributed by atoms with van der Waals surface area (Å²) in [6, 6.07) is 10.9. The Kier molecular flexibility index (Phi) is 7.01. The Morgan fingerprint density at radius 3 is 2.36 bits per heavy atom. The van der Waals surface area contributed by atoms with Crippen molar-refractivity contribution in [2.24, 2.45) is 0 Å². The molecule has 2 rings (SSSR count). The first kappa shape index (κ1) is 21.7. The molecule has 6 nitrogen and oxygen atoms in total. The molecule has 0 radical (unpaired) electrons. The summed E-state index contributed by atoms with van der Waals surface area (Å²) in [5.74, 6) is -0.380. The maximum absolute atomic E-state index is 13.2. The highest BCUT2D eigenvalue weighted by Gasteiger charge is 2.31. The molecule has 1 N–H and O–H groups in total. The van der Waals surface area contributed by atoms with E-state index in [1.165, 1.54) is 12.1 Å². The minimum atomic E-state index is -3.78. The highest BCUT2D eigenvalue weighted by Crippen LogP contribution is 2.24. The first-order chi connectivity index (χ1) is 13.1. The second-order valence-electron chi connectivity index (χ2n) is 6.64. The first-order valence-corrected chi connectivity index (χ1v) is 10.8. The van der Waals surface area contributed by atoms with Crippen LogP contribution in [0.5, 0.6) is 5.75 Å². The molecular weight excluding hydrogens is 383 g/mol. The van der Waals surface area contributed by atoms with Gasteiger partial charge in [-0.2, -0.15) is 0 Å². The van der Waals surface area contributed by atoms with Crippen LogP contribution in [0, 0.1) is 5.82 Å². The molecule has 28 heavy (non-hydrogen) atoms. The number of nitrogens with one attached hydrogen (secondary N) is 1. The van der Waals surface area contributed by atoms with Crippen molar-refractivity contribution in [3.63, 3.8) is 0 Å². The van der Waals surface area contributed by atoms with Crippen LogP contribution in [0.25, 0.3) is 0 Å². The molecule has 0 bridgehead atoms. The predicted molar refractivity (Wildman–Crippen MR) is 109 cm³/mol.